The van der Waals surface area contributed by atoms with Crippen LogP contribution in [0, 0.1) is 0 Å². The first-order valence-electron chi connectivity index (χ1n) is 7.68. The van der Waals surface area contributed by atoms with Gasteiger partial charge in [-0.25, -0.2) is 0 Å². The molecule has 0 aliphatic carbocycles. The van der Waals surface area contributed by atoms with Crippen LogP contribution < -0.4 is 10.1 Å². The predicted molar refractivity (Wildman–Crippen MR) is 93.0 cm³/mol. The van der Waals surface area contributed by atoms with E-state index >= 15 is 0 Å². The van der Waals surface area contributed by atoms with Gasteiger partial charge in [0.15, 0.2) is 0 Å². The number of rotatable bonds is 7. The van der Waals surface area contributed by atoms with E-state index < -0.39 is 0 Å². The highest BCUT2D eigenvalue weighted by atomic mass is 35.5. The molecular formula is C16H23ClN2O2S. The Morgan fingerprint density at radius 1 is 1.32 bits per heavy atom. The minimum atomic E-state index is 0.111. The van der Waals surface area contributed by atoms with Crippen molar-refractivity contribution in [2.24, 2.45) is 0 Å². The van der Waals surface area contributed by atoms with Crippen LogP contribution in [0.15, 0.2) is 24.3 Å². The summed E-state index contributed by atoms with van der Waals surface area (Å²) >= 11 is 9.91. The Balaban J connectivity index is 1.61. The number of hydrogen-bond acceptors (Lipinski definition) is 4. The van der Waals surface area contributed by atoms with Crippen molar-refractivity contribution in [3.05, 3.63) is 29.3 Å². The van der Waals surface area contributed by atoms with Crippen LogP contribution in [0.4, 0.5) is 0 Å². The summed E-state index contributed by atoms with van der Waals surface area (Å²) in [6.07, 6.45) is 2.50. The van der Waals surface area contributed by atoms with Crippen LogP contribution in [0.3, 0.4) is 0 Å². The summed E-state index contributed by atoms with van der Waals surface area (Å²) in [5.74, 6) is 1.56. The van der Waals surface area contributed by atoms with Crippen molar-refractivity contribution in [3.63, 3.8) is 0 Å². The monoisotopic (exact) mass is 342 g/mol. The molecule has 0 saturated carbocycles. The zero-order valence-corrected chi connectivity index (χ0v) is 14.3. The van der Waals surface area contributed by atoms with E-state index in [0.29, 0.717) is 24.8 Å². The van der Waals surface area contributed by atoms with Crippen LogP contribution in [0.1, 0.15) is 19.3 Å². The van der Waals surface area contributed by atoms with E-state index in [1.165, 1.54) is 0 Å². The number of benzene rings is 1. The maximum Gasteiger partial charge on any atom is 0.221 e. The second-order valence-electron chi connectivity index (χ2n) is 5.46. The van der Waals surface area contributed by atoms with Crippen molar-refractivity contribution in [1.29, 1.82) is 0 Å². The van der Waals surface area contributed by atoms with Gasteiger partial charge in [-0.1, -0.05) is 11.6 Å². The van der Waals surface area contributed by atoms with Crippen molar-refractivity contribution in [3.8, 4) is 5.75 Å². The molecule has 0 aromatic heterocycles. The third kappa shape index (κ3) is 6.07. The first kappa shape index (κ1) is 17.4. The maximum absolute atomic E-state index is 11.5. The fraction of sp³-hybridized carbons (Fsp3) is 0.562. The highest BCUT2D eigenvalue weighted by Gasteiger charge is 2.20. The number of carbonyl (C=O) groups excluding carboxylic acids is 1. The van der Waals surface area contributed by atoms with Gasteiger partial charge in [0.1, 0.15) is 12.4 Å². The molecular weight excluding hydrogens is 320 g/mol. The average Bonchev–Trinajstić information content (AvgIpc) is 2.51. The molecule has 1 amide bonds. The minimum absolute atomic E-state index is 0.111. The molecule has 1 heterocycles. The summed E-state index contributed by atoms with van der Waals surface area (Å²) in [7, 11) is 0. The Bertz CT molecular complexity index is 462. The van der Waals surface area contributed by atoms with Crippen molar-refractivity contribution < 1.29 is 9.53 Å². The molecule has 1 aromatic rings. The molecule has 22 heavy (non-hydrogen) atoms. The fourth-order valence-electron chi connectivity index (χ4n) is 2.53. The number of likely N-dealkylation sites (tertiary alicyclic amines) is 1. The molecule has 2 rings (SSSR count). The Morgan fingerprint density at radius 2 is 2.00 bits per heavy atom. The van der Waals surface area contributed by atoms with Crippen LogP contribution >= 0.6 is 24.2 Å². The highest BCUT2D eigenvalue weighted by Crippen LogP contribution is 2.16. The fourth-order valence-corrected chi connectivity index (χ4v) is 2.85. The highest BCUT2D eigenvalue weighted by molar-refractivity contribution is 7.80. The molecule has 122 valence electrons. The molecule has 0 spiro atoms. The lowest BCUT2D eigenvalue weighted by Gasteiger charge is -2.32. The third-order valence-electron chi connectivity index (χ3n) is 3.78. The molecule has 1 aliphatic heterocycles. The van der Waals surface area contributed by atoms with Crippen molar-refractivity contribution >= 4 is 30.1 Å². The van der Waals surface area contributed by atoms with Gasteiger partial charge in [-0.3, -0.25) is 9.69 Å². The van der Waals surface area contributed by atoms with Crippen molar-refractivity contribution in [2.75, 3.05) is 32.0 Å². The number of piperidine rings is 1. The van der Waals surface area contributed by atoms with Gasteiger partial charge in [-0.2, -0.15) is 12.6 Å². The molecule has 6 heteroatoms. The molecule has 1 fully saturated rings. The number of nitrogens with one attached hydrogen (secondary N) is 1. The van der Waals surface area contributed by atoms with E-state index in [2.05, 4.69) is 22.8 Å². The normalized spacial score (nSPS) is 16.5. The number of thiol groups is 1. The SMILES string of the molecule is O=C(CCS)NC1CCN(CCOc2ccc(Cl)cc2)CC1. The molecule has 0 atom stereocenters. The first-order valence-corrected chi connectivity index (χ1v) is 8.69. The van der Waals surface area contributed by atoms with E-state index in [0.717, 1.165) is 43.2 Å². The standard InChI is InChI=1S/C16H23ClN2O2S/c17-13-1-3-15(4-2-13)21-11-10-19-8-5-14(6-9-19)18-16(20)7-12-22/h1-4,14,22H,5-12H2,(H,18,20). The van der Waals surface area contributed by atoms with E-state index in [-0.39, 0.29) is 5.91 Å². The van der Waals surface area contributed by atoms with Crippen LogP contribution in [0.25, 0.3) is 0 Å². The van der Waals surface area contributed by atoms with Gasteiger partial charge in [0.05, 0.1) is 0 Å². The molecule has 0 radical (unpaired) electrons. The number of amides is 1. The van der Waals surface area contributed by atoms with Gasteiger partial charge in [0, 0.05) is 37.1 Å². The van der Waals surface area contributed by atoms with E-state index in [1.54, 1.807) is 0 Å². The lowest BCUT2D eigenvalue weighted by molar-refractivity contribution is -0.121. The smallest absolute Gasteiger partial charge is 0.221 e. The molecule has 1 aromatic carbocycles. The largest absolute Gasteiger partial charge is 0.492 e. The predicted octanol–water partition coefficient (Wildman–Crippen LogP) is 2.62. The van der Waals surface area contributed by atoms with Crippen LogP contribution in [-0.2, 0) is 4.79 Å². The Labute approximate surface area is 142 Å². The van der Waals surface area contributed by atoms with Gasteiger partial charge in [0.2, 0.25) is 5.91 Å². The average molecular weight is 343 g/mol. The number of ether oxygens (including phenoxy) is 1. The molecule has 0 unspecified atom stereocenters. The van der Waals surface area contributed by atoms with Crippen LogP contribution in [-0.4, -0.2) is 48.8 Å². The number of hydrogen-bond donors (Lipinski definition) is 2. The Hall–Kier alpha value is -0.910. The van der Waals surface area contributed by atoms with Crippen LogP contribution in [0.5, 0.6) is 5.75 Å². The van der Waals surface area contributed by atoms with Gasteiger partial charge >= 0.3 is 0 Å². The van der Waals surface area contributed by atoms with Crippen molar-refractivity contribution in [2.45, 2.75) is 25.3 Å². The third-order valence-corrected chi connectivity index (χ3v) is 4.26. The van der Waals surface area contributed by atoms with Gasteiger partial charge in [-0.05, 0) is 42.9 Å². The zero-order valence-electron chi connectivity index (χ0n) is 12.6. The molecule has 4 nitrogen and oxygen atoms in total. The zero-order chi connectivity index (χ0) is 15.8. The van der Waals surface area contributed by atoms with Crippen LogP contribution in [0.2, 0.25) is 5.02 Å². The first-order chi connectivity index (χ1) is 10.7. The molecule has 0 bridgehead atoms. The van der Waals surface area contributed by atoms with Crippen molar-refractivity contribution in [1.82, 2.24) is 10.2 Å². The summed E-state index contributed by atoms with van der Waals surface area (Å²) in [4.78, 5) is 13.9. The van der Waals surface area contributed by atoms with E-state index in [1.807, 2.05) is 24.3 Å². The maximum atomic E-state index is 11.5. The Kier molecular flexibility index (Phi) is 7.36. The summed E-state index contributed by atoms with van der Waals surface area (Å²) < 4.78 is 5.71. The molecule has 1 saturated heterocycles. The van der Waals surface area contributed by atoms with Gasteiger partial charge < -0.3 is 10.1 Å². The van der Waals surface area contributed by atoms with Gasteiger partial charge in [0.25, 0.3) is 0 Å². The van der Waals surface area contributed by atoms with Gasteiger partial charge in [-0.15, -0.1) is 0 Å². The summed E-state index contributed by atoms with van der Waals surface area (Å²) in [5, 5.41) is 3.79. The number of nitrogens with zero attached hydrogens (tertiary/aromatic N) is 1. The second kappa shape index (κ2) is 9.28. The second-order valence-corrected chi connectivity index (χ2v) is 6.34. The van der Waals surface area contributed by atoms with E-state index in [4.69, 9.17) is 16.3 Å². The topological polar surface area (TPSA) is 41.6 Å². The Morgan fingerprint density at radius 3 is 2.64 bits per heavy atom. The summed E-state index contributed by atoms with van der Waals surface area (Å²) in [5.41, 5.74) is 0. The summed E-state index contributed by atoms with van der Waals surface area (Å²) in [6.45, 7) is 3.56. The molecule has 1 N–H and O–H groups in total. The van der Waals surface area contributed by atoms with E-state index in [9.17, 15) is 4.79 Å². The lowest BCUT2D eigenvalue weighted by atomic mass is 10.0. The minimum Gasteiger partial charge on any atom is -0.492 e. The lowest BCUT2D eigenvalue weighted by Crippen LogP contribution is -2.45. The number of carbonyl (C=O) groups is 1. The summed E-state index contributed by atoms with van der Waals surface area (Å²) in [6, 6.07) is 7.73. The number of halogens is 1. The quantitative estimate of drug-likeness (QED) is 0.748. The molecule has 1 aliphatic rings.